The second kappa shape index (κ2) is 7.28. The number of likely N-dealkylation sites (tertiary alicyclic amines) is 2. The predicted octanol–water partition coefficient (Wildman–Crippen LogP) is 1.09. The lowest BCUT2D eigenvalue weighted by atomic mass is 10.0. The van der Waals surface area contributed by atoms with Crippen LogP contribution in [0.3, 0.4) is 0 Å². The Bertz CT molecular complexity index is 368. The first-order valence-electron chi connectivity index (χ1n) is 9.00. The lowest BCUT2D eigenvalue weighted by Crippen LogP contribution is -2.35. The molecule has 0 bridgehead atoms. The van der Waals surface area contributed by atoms with E-state index in [-0.39, 0.29) is 12.0 Å². The highest BCUT2D eigenvalue weighted by Gasteiger charge is 2.42. The number of carbonyl (C=O) groups excluding carboxylic acids is 1. The molecule has 0 aliphatic carbocycles. The molecule has 3 aliphatic heterocycles. The quantitative estimate of drug-likeness (QED) is 0.798. The zero-order chi connectivity index (χ0) is 15.5. The topological polar surface area (TPSA) is 44.8 Å². The largest absolute Gasteiger partial charge is 0.373 e. The zero-order valence-corrected chi connectivity index (χ0v) is 14.1. The monoisotopic (exact) mass is 309 g/mol. The average Bonchev–Trinajstić information content (AvgIpc) is 3.13. The molecule has 0 aromatic rings. The lowest BCUT2D eigenvalue weighted by molar-refractivity contribution is -0.123. The number of hydrogen-bond acceptors (Lipinski definition) is 4. The number of ether oxygens (including phenoxy) is 1. The van der Waals surface area contributed by atoms with Crippen LogP contribution in [0.1, 0.15) is 39.5 Å². The number of hydrogen-bond donors (Lipinski definition) is 1. The second-order valence-corrected chi connectivity index (χ2v) is 7.44. The molecule has 3 rings (SSSR count). The van der Waals surface area contributed by atoms with Crippen molar-refractivity contribution in [3.05, 3.63) is 0 Å². The van der Waals surface area contributed by atoms with Crippen LogP contribution >= 0.6 is 0 Å². The van der Waals surface area contributed by atoms with Crippen LogP contribution in [0, 0.1) is 5.92 Å². The summed E-state index contributed by atoms with van der Waals surface area (Å²) >= 11 is 0. The van der Waals surface area contributed by atoms with Gasteiger partial charge in [-0.15, -0.1) is 0 Å². The Morgan fingerprint density at radius 3 is 2.73 bits per heavy atom. The summed E-state index contributed by atoms with van der Waals surface area (Å²) in [5, 5.41) is 3.06. The number of rotatable bonds is 6. The third-order valence-corrected chi connectivity index (χ3v) is 5.43. The smallest absolute Gasteiger partial charge is 0.222 e. The van der Waals surface area contributed by atoms with Crippen molar-refractivity contribution in [2.45, 2.75) is 57.8 Å². The Morgan fingerprint density at radius 2 is 2.05 bits per heavy atom. The fourth-order valence-electron chi connectivity index (χ4n) is 4.09. The number of nitrogens with zero attached hydrogens (tertiary/aromatic N) is 2. The fraction of sp³-hybridized carbons (Fsp3) is 0.941. The van der Waals surface area contributed by atoms with E-state index in [1.807, 2.05) is 0 Å². The molecule has 1 N–H and O–H groups in total. The van der Waals surface area contributed by atoms with Gasteiger partial charge in [-0.05, 0) is 46.2 Å². The molecule has 0 radical (unpaired) electrons. The van der Waals surface area contributed by atoms with Crippen LogP contribution in [-0.4, -0.2) is 73.2 Å². The number of amides is 1. The van der Waals surface area contributed by atoms with Gasteiger partial charge in [0.2, 0.25) is 5.91 Å². The molecule has 0 unspecified atom stereocenters. The van der Waals surface area contributed by atoms with Crippen molar-refractivity contribution < 1.29 is 9.53 Å². The highest BCUT2D eigenvalue weighted by molar-refractivity contribution is 5.76. The van der Waals surface area contributed by atoms with E-state index in [4.69, 9.17) is 4.74 Å². The Morgan fingerprint density at radius 1 is 1.27 bits per heavy atom. The van der Waals surface area contributed by atoms with Crippen molar-refractivity contribution in [2.75, 3.05) is 39.3 Å². The van der Waals surface area contributed by atoms with Gasteiger partial charge in [0.25, 0.3) is 0 Å². The van der Waals surface area contributed by atoms with Crippen LogP contribution in [0.25, 0.3) is 0 Å². The third kappa shape index (κ3) is 4.00. The van der Waals surface area contributed by atoms with Gasteiger partial charge in [-0.1, -0.05) is 0 Å². The van der Waals surface area contributed by atoms with Crippen molar-refractivity contribution in [3.8, 4) is 0 Å². The summed E-state index contributed by atoms with van der Waals surface area (Å²) < 4.78 is 6.10. The van der Waals surface area contributed by atoms with Gasteiger partial charge in [-0.25, -0.2) is 0 Å². The molecular weight excluding hydrogens is 278 g/mol. The van der Waals surface area contributed by atoms with E-state index < -0.39 is 0 Å². The van der Waals surface area contributed by atoms with Gasteiger partial charge in [0.15, 0.2) is 0 Å². The Labute approximate surface area is 134 Å². The number of carbonyl (C=O) groups is 1. The summed E-state index contributed by atoms with van der Waals surface area (Å²) in [6.45, 7) is 10.8. The zero-order valence-electron chi connectivity index (χ0n) is 14.1. The van der Waals surface area contributed by atoms with E-state index in [1.165, 1.54) is 25.9 Å². The number of nitrogens with one attached hydrogen (secondary N) is 1. The van der Waals surface area contributed by atoms with Gasteiger partial charge in [-0.3, -0.25) is 9.69 Å². The predicted molar refractivity (Wildman–Crippen MR) is 86.8 cm³/mol. The minimum atomic E-state index is 0.135. The van der Waals surface area contributed by atoms with E-state index in [2.05, 4.69) is 29.0 Å². The normalized spacial score (nSPS) is 32.8. The molecule has 5 nitrogen and oxygen atoms in total. The van der Waals surface area contributed by atoms with Crippen molar-refractivity contribution in [2.24, 2.45) is 5.92 Å². The molecule has 1 amide bonds. The standard InChI is InChI=1S/C17H31N3O2/c1-13(2)20-11-14-9-15(22-16(14)12-20)10-17(21)18-5-8-19-6-3-4-7-19/h13-16H,3-12H2,1-2H3,(H,18,21)/t14-,15-,16+/m0/s1. The van der Waals surface area contributed by atoms with Crippen molar-refractivity contribution in [1.29, 1.82) is 0 Å². The van der Waals surface area contributed by atoms with Gasteiger partial charge < -0.3 is 15.0 Å². The van der Waals surface area contributed by atoms with Gasteiger partial charge >= 0.3 is 0 Å². The van der Waals surface area contributed by atoms with Crippen LogP contribution in [0.2, 0.25) is 0 Å². The van der Waals surface area contributed by atoms with Gasteiger partial charge in [0.05, 0.1) is 18.6 Å². The summed E-state index contributed by atoms with van der Waals surface area (Å²) in [6, 6.07) is 0.599. The summed E-state index contributed by atoms with van der Waals surface area (Å²) in [4.78, 5) is 17.0. The van der Waals surface area contributed by atoms with Crippen LogP contribution < -0.4 is 5.32 Å². The first-order chi connectivity index (χ1) is 10.6. The molecule has 5 heteroatoms. The maximum atomic E-state index is 12.0. The molecule has 3 saturated heterocycles. The minimum Gasteiger partial charge on any atom is -0.373 e. The molecule has 0 spiro atoms. The summed E-state index contributed by atoms with van der Waals surface area (Å²) in [6.07, 6.45) is 4.68. The molecule has 0 saturated carbocycles. The van der Waals surface area contributed by atoms with Crippen LogP contribution in [-0.2, 0) is 9.53 Å². The van der Waals surface area contributed by atoms with Crippen molar-refractivity contribution in [1.82, 2.24) is 15.1 Å². The third-order valence-electron chi connectivity index (χ3n) is 5.43. The molecule has 22 heavy (non-hydrogen) atoms. The average molecular weight is 309 g/mol. The Kier molecular flexibility index (Phi) is 5.37. The first-order valence-corrected chi connectivity index (χ1v) is 9.00. The van der Waals surface area contributed by atoms with E-state index in [0.717, 1.165) is 32.6 Å². The molecule has 0 aromatic carbocycles. The maximum Gasteiger partial charge on any atom is 0.222 e. The number of fused-ring (bicyclic) bond motifs is 1. The molecule has 3 aliphatic rings. The molecular formula is C17H31N3O2. The Hall–Kier alpha value is -0.650. The van der Waals surface area contributed by atoms with Crippen LogP contribution in [0.4, 0.5) is 0 Å². The SMILES string of the molecule is CC(C)N1C[C@@H]2C[C@@H](CC(=O)NCCN3CCCC3)O[C@@H]2C1. The van der Waals surface area contributed by atoms with Crippen molar-refractivity contribution >= 4 is 5.91 Å². The van der Waals surface area contributed by atoms with Crippen molar-refractivity contribution in [3.63, 3.8) is 0 Å². The summed E-state index contributed by atoms with van der Waals surface area (Å²) in [7, 11) is 0. The maximum absolute atomic E-state index is 12.0. The van der Waals surface area contributed by atoms with E-state index in [0.29, 0.717) is 24.5 Å². The van der Waals surface area contributed by atoms with Gasteiger partial charge in [-0.2, -0.15) is 0 Å². The molecule has 3 fully saturated rings. The molecule has 3 atom stereocenters. The highest BCUT2D eigenvalue weighted by atomic mass is 16.5. The van der Waals surface area contributed by atoms with Crippen LogP contribution in [0.5, 0.6) is 0 Å². The summed E-state index contributed by atoms with van der Waals surface area (Å²) in [5.74, 6) is 0.787. The molecule has 3 heterocycles. The van der Waals surface area contributed by atoms with Gasteiger partial charge in [0.1, 0.15) is 0 Å². The fourth-order valence-corrected chi connectivity index (χ4v) is 4.09. The van der Waals surface area contributed by atoms with E-state index >= 15 is 0 Å². The minimum absolute atomic E-state index is 0.135. The van der Waals surface area contributed by atoms with E-state index in [9.17, 15) is 4.79 Å². The second-order valence-electron chi connectivity index (χ2n) is 7.44. The van der Waals surface area contributed by atoms with Gasteiger partial charge in [0, 0.05) is 38.1 Å². The first kappa shape index (κ1) is 16.2. The Balaban J connectivity index is 1.32. The lowest BCUT2D eigenvalue weighted by Gasteiger charge is -2.22. The highest BCUT2D eigenvalue weighted by Crippen LogP contribution is 2.34. The molecule has 0 aromatic heterocycles. The van der Waals surface area contributed by atoms with E-state index in [1.54, 1.807) is 0 Å². The summed E-state index contributed by atoms with van der Waals surface area (Å²) in [5.41, 5.74) is 0. The van der Waals surface area contributed by atoms with Crippen LogP contribution in [0.15, 0.2) is 0 Å². The molecule has 126 valence electrons.